The van der Waals surface area contributed by atoms with Gasteiger partial charge < -0.3 is 19.1 Å². The molecule has 2 amide bonds. The lowest BCUT2D eigenvalue weighted by Gasteiger charge is -2.13. The van der Waals surface area contributed by atoms with Crippen LogP contribution in [0.15, 0.2) is 71.8 Å². The first-order valence-electron chi connectivity index (χ1n) is 14.5. The third-order valence-electron chi connectivity index (χ3n) is 7.43. The van der Waals surface area contributed by atoms with E-state index in [2.05, 4.69) is 10.0 Å². The van der Waals surface area contributed by atoms with Gasteiger partial charge in [-0.25, -0.2) is 17.9 Å². The average molecular weight is 622 g/mol. The topological polar surface area (TPSA) is 136 Å². The molecule has 1 aliphatic carbocycles. The van der Waals surface area contributed by atoms with Crippen LogP contribution in [-0.4, -0.2) is 49.9 Å². The van der Waals surface area contributed by atoms with Gasteiger partial charge in [0.1, 0.15) is 11.9 Å². The number of fused-ring (bicyclic) bond motifs is 1. The van der Waals surface area contributed by atoms with Gasteiger partial charge in [0.05, 0.1) is 12.0 Å². The maximum absolute atomic E-state index is 12.9. The molecule has 1 aromatic heterocycles. The number of methoxy groups -OCH3 is 1. The highest BCUT2D eigenvalue weighted by Gasteiger charge is 2.22. The van der Waals surface area contributed by atoms with Crippen molar-refractivity contribution in [3.63, 3.8) is 0 Å². The van der Waals surface area contributed by atoms with Crippen molar-refractivity contribution in [2.45, 2.75) is 57.0 Å². The molecular weight excluding hydrogens is 582 g/mol. The van der Waals surface area contributed by atoms with Crippen molar-refractivity contribution in [2.75, 3.05) is 19.0 Å². The summed E-state index contributed by atoms with van der Waals surface area (Å²) in [4.78, 5) is 25.4. The second-order valence-corrected chi connectivity index (χ2v) is 12.3. The quantitative estimate of drug-likeness (QED) is 0.230. The predicted octanol–water partition coefficient (Wildman–Crippen LogP) is 5.69. The summed E-state index contributed by atoms with van der Waals surface area (Å²) in [6, 6.07) is 17.1. The van der Waals surface area contributed by atoms with Crippen LogP contribution < -0.4 is 14.8 Å². The summed E-state index contributed by atoms with van der Waals surface area (Å²) in [5.74, 6) is -0.291. The smallest absolute Gasteiger partial charge is 0.411 e. The van der Waals surface area contributed by atoms with Crippen LogP contribution in [0.4, 0.5) is 10.5 Å². The monoisotopic (exact) mass is 621 g/mol. The van der Waals surface area contributed by atoms with E-state index in [1.807, 2.05) is 36.0 Å². The zero-order valence-corrected chi connectivity index (χ0v) is 26.2. The van der Waals surface area contributed by atoms with E-state index in [9.17, 15) is 18.0 Å². The van der Waals surface area contributed by atoms with Crippen molar-refractivity contribution in [3.8, 4) is 5.75 Å². The fourth-order valence-corrected chi connectivity index (χ4v) is 6.55. The van der Waals surface area contributed by atoms with Crippen molar-refractivity contribution < 1.29 is 32.6 Å². The van der Waals surface area contributed by atoms with E-state index < -0.39 is 22.0 Å². The number of aliphatic hydroxyl groups is 1. The number of carbonyl (C=O) groups is 2. The number of hydrogen-bond acceptors (Lipinski definition) is 7. The molecule has 0 atom stereocenters. The largest absolute Gasteiger partial charge is 0.496 e. The molecule has 0 radical (unpaired) electrons. The van der Waals surface area contributed by atoms with Gasteiger partial charge in [0, 0.05) is 48.4 Å². The molecule has 3 N–H and O–H groups in total. The molecule has 0 spiro atoms. The molecule has 10 nitrogen and oxygen atoms in total. The molecule has 0 saturated heterocycles. The van der Waals surface area contributed by atoms with E-state index in [1.54, 1.807) is 44.2 Å². The summed E-state index contributed by atoms with van der Waals surface area (Å²) >= 11 is 0. The van der Waals surface area contributed by atoms with Crippen LogP contribution in [0.5, 0.6) is 5.75 Å². The lowest BCUT2D eigenvalue weighted by molar-refractivity contribution is 0.0980. The number of anilines is 1. The van der Waals surface area contributed by atoms with Crippen LogP contribution >= 0.6 is 0 Å². The number of carbonyl (C=O) groups excluding carboxylic acids is 2. The summed E-state index contributed by atoms with van der Waals surface area (Å²) in [6.45, 7) is 3.60. The third kappa shape index (κ3) is 7.78. The Kier molecular flexibility index (Phi) is 10.7. The van der Waals surface area contributed by atoms with Crippen molar-refractivity contribution in [1.82, 2.24) is 9.29 Å². The fraction of sp³-hybridized carbons (Fsp3) is 0.333. The number of nitrogens with zero attached hydrogens (tertiary/aromatic N) is 1. The Bertz CT molecular complexity index is 1740. The number of aryl methyl sites for hydroxylation is 2. The molecule has 1 saturated carbocycles. The molecule has 1 aliphatic rings. The Morgan fingerprint density at radius 2 is 1.73 bits per heavy atom. The number of aliphatic hydroxyl groups excluding tert-OH is 1. The van der Waals surface area contributed by atoms with Crippen LogP contribution in [0.25, 0.3) is 10.9 Å². The highest BCUT2D eigenvalue weighted by molar-refractivity contribution is 7.90. The summed E-state index contributed by atoms with van der Waals surface area (Å²) in [5.41, 5.74) is 4.14. The Hall–Kier alpha value is -4.35. The minimum Gasteiger partial charge on any atom is -0.496 e. The number of rotatable bonds is 8. The van der Waals surface area contributed by atoms with Crippen LogP contribution in [0, 0.1) is 6.92 Å². The number of amides is 2. The van der Waals surface area contributed by atoms with Gasteiger partial charge >= 0.3 is 6.09 Å². The van der Waals surface area contributed by atoms with Crippen LogP contribution in [0.3, 0.4) is 0 Å². The number of hydrogen-bond donors (Lipinski definition) is 3. The highest BCUT2D eigenvalue weighted by atomic mass is 32.2. The van der Waals surface area contributed by atoms with Gasteiger partial charge in [0.15, 0.2) is 0 Å². The maximum Gasteiger partial charge on any atom is 0.411 e. The van der Waals surface area contributed by atoms with Crippen LogP contribution in [0.1, 0.15) is 59.7 Å². The molecule has 11 heteroatoms. The minimum absolute atomic E-state index is 0.0221. The predicted molar refractivity (Wildman–Crippen MR) is 170 cm³/mol. The SMILES string of the molecule is CCO.COc1cc(C(=O)NS(=O)(=O)c2ccccc2C)ccc1Cc1cn(C)c2ccc(NC(=O)OC3CCCC3)cc12. The molecule has 0 unspecified atom stereocenters. The molecule has 4 aromatic rings. The number of nitrogens with one attached hydrogen (secondary N) is 2. The first-order chi connectivity index (χ1) is 21.1. The highest BCUT2D eigenvalue weighted by Crippen LogP contribution is 2.30. The standard InChI is InChI=1S/C31H33N3O6S.C2H6O/c1-20-8-4-7-11-29(20)41(37,38)33-30(35)22-13-12-21(28(17-22)39-3)16-23-19-34(2)27-15-14-24(18-26(23)27)32-31(36)40-25-9-5-6-10-25;1-2-3/h4,7-8,11-15,17-19,25H,5-6,9-10,16H2,1-3H3,(H,32,36)(H,33,35);3H,2H2,1H3. The van der Waals surface area contributed by atoms with Gasteiger partial charge in [-0.15, -0.1) is 0 Å². The van der Waals surface area contributed by atoms with Gasteiger partial charge in [-0.1, -0.05) is 24.3 Å². The number of sulfonamides is 1. The minimum atomic E-state index is -4.04. The van der Waals surface area contributed by atoms with Crippen molar-refractivity contribution in [3.05, 3.63) is 89.1 Å². The van der Waals surface area contributed by atoms with Gasteiger partial charge in [0.2, 0.25) is 0 Å². The van der Waals surface area contributed by atoms with E-state index in [1.165, 1.54) is 19.2 Å². The molecule has 1 heterocycles. The molecule has 44 heavy (non-hydrogen) atoms. The summed E-state index contributed by atoms with van der Waals surface area (Å²) in [7, 11) is -0.583. The second kappa shape index (κ2) is 14.4. The van der Waals surface area contributed by atoms with Gasteiger partial charge in [0.25, 0.3) is 15.9 Å². The molecule has 0 bridgehead atoms. The zero-order valence-electron chi connectivity index (χ0n) is 25.4. The number of aromatic nitrogens is 1. The number of benzene rings is 3. The van der Waals surface area contributed by atoms with Crippen molar-refractivity contribution in [1.29, 1.82) is 0 Å². The summed E-state index contributed by atoms with van der Waals surface area (Å²) in [5, 5.41) is 11.4. The molecular formula is C33H39N3O7S. The summed E-state index contributed by atoms with van der Waals surface area (Å²) in [6.07, 6.45) is 6.00. The lowest BCUT2D eigenvalue weighted by Crippen LogP contribution is -2.31. The Morgan fingerprint density at radius 3 is 2.41 bits per heavy atom. The van der Waals surface area contributed by atoms with E-state index in [4.69, 9.17) is 14.6 Å². The molecule has 3 aromatic carbocycles. The molecule has 1 fully saturated rings. The van der Waals surface area contributed by atoms with E-state index >= 15 is 0 Å². The normalized spacial score (nSPS) is 13.2. The van der Waals surface area contributed by atoms with E-state index in [0.29, 0.717) is 23.4 Å². The molecule has 5 rings (SSSR count). The van der Waals surface area contributed by atoms with Gasteiger partial charge in [-0.05, 0) is 92.6 Å². The molecule has 234 valence electrons. The van der Waals surface area contributed by atoms with Crippen LogP contribution in [-0.2, 0) is 28.2 Å². The van der Waals surface area contributed by atoms with Crippen molar-refractivity contribution >= 4 is 38.6 Å². The lowest BCUT2D eigenvalue weighted by atomic mass is 10.0. The van der Waals surface area contributed by atoms with E-state index in [-0.39, 0.29) is 23.2 Å². The van der Waals surface area contributed by atoms with E-state index in [0.717, 1.165) is 47.7 Å². The van der Waals surface area contributed by atoms with Gasteiger partial charge in [-0.3, -0.25) is 10.1 Å². The average Bonchev–Trinajstić information content (AvgIpc) is 3.60. The Labute approximate surface area is 258 Å². The first kappa shape index (κ1) is 32.6. The first-order valence-corrected chi connectivity index (χ1v) is 16.0. The molecule has 0 aliphatic heterocycles. The third-order valence-corrected chi connectivity index (χ3v) is 8.93. The van der Waals surface area contributed by atoms with Crippen LogP contribution in [0.2, 0.25) is 0 Å². The maximum atomic E-state index is 12.9. The fourth-order valence-electron chi connectivity index (χ4n) is 5.33. The van der Waals surface area contributed by atoms with Gasteiger partial charge in [-0.2, -0.15) is 0 Å². The second-order valence-electron chi connectivity index (χ2n) is 10.7. The zero-order chi connectivity index (χ0) is 31.9. The summed E-state index contributed by atoms with van der Waals surface area (Å²) < 4.78 is 40.9. The van der Waals surface area contributed by atoms with Crippen molar-refractivity contribution in [2.24, 2.45) is 7.05 Å². The number of ether oxygens (including phenoxy) is 2. The Morgan fingerprint density at radius 1 is 1.02 bits per heavy atom. The Balaban J connectivity index is 0.00000141.